The van der Waals surface area contributed by atoms with Gasteiger partial charge in [0.2, 0.25) is 5.78 Å². The molecule has 8 heteroatoms. The summed E-state index contributed by atoms with van der Waals surface area (Å²) in [6, 6.07) is 7.35. The zero-order valence-electron chi connectivity index (χ0n) is 14.8. The summed E-state index contributed by atoms with van der Waals surface area (Å²) in [6.45, 7) is 2.83. The monoisotopic (exact) mass is 405 g/mol. The third-order valence-corrected chi connectivity index (χ3v) is 5.82. The second kappa shape index (κ2) is 7.54. The standard InChI is InChI=1S/C19H16ClNO5S/c1-9-14(18(23)25-3)10(2)21-16(9)12(22)8-26-19(24)17-15(20)11-6-4-5-7-13(11)27-17/h4-7,21H,8H2,1-3H3. The van der Waals surface area contributed by atoms with Crippen molar-refractivity contribution in [3.63, 3.8) is 0 Å². The molecular formula is C19H16ClNO5S. The molecule has 0 aliphatic heterocycles. The molecule has 0 radical (unpaired) electrons. The highest BCUT2D eigenvalue weighted by Crippen LogP contribution is 2.35. The van der Waals surface area contributed by atoms with E-state index in [1.54, 1.807) is 13.8 Å². The number of nitrogens with one attached hydrogen (secondary N) is 1. The number of ether oxygens (including phenoxy) is 2. The number of hydrogen-bond acceptors (Lipinski definition) is 6. The molecule has 0 aliphatic carbocycles. The lowest BCUT2D eigenvalue weighted by Gasteiger charge is -2.04. The lowest BCUT2D eigenvalue weighted by Crippen LogP contribution is -2.15. The fourth-order valence-corrected chi connectivity index (χ4v) is 4.25. The van der Waals surface area contributed by atoms with E-state index in [0.717, 1.165) is 10.1 Å². The van der Waals surface area contributed by atoms with E-state index in [2.05, 4.69) is 4.98 Å². The van der Waals surface area contributed by atoms with Gasteiger partial charge >= 0.3 is 11.9 Å². The SMILES string of the molecule is COC(=O)c1c(C)[nH]c(C(=O)COC(=O)c2sc3ccccc3c2Cl)c1C. The molecule has 0 spiro atoms. The number of Topliss-reactive ketones (excluding diaryl/α,β-unsaturated/α-hetero) is 1. The Morgan fingerprint density at radius 2 is 1.85 bits per heavy atom. The molecule has 1 aromatic carbocycles. The first-order valence-corrected chi connectivity index (χ1v) is 9.19. The molecule has 0 bridgehead atoms. The number of hydrogen-bond donors (Lipinski definition) is 1. The number of aryl methyl sites for hydroxylation is 1. The van der Waals surface area contributed by atoms with E-state index >= 15 is 0 Å². The summed E-state index contributed by atoms with van der Waals surface area (Å²) in [5.74, 6) is -1.64. The van der Waals surface area contributed by atoms with Crippen LogP contribution in [0.25, 0.3) is 10.1 Å². The maximum absolute atomic E-state index is 12.4. The molecule has 0 saturated carbocycles. The van der Waals surface area contributed by atoms with Crippen LogP contribution in [0.2, 0.25) is 5.02 Å². The van der Waals surface area contributed by atoms with E-state index < -0.39 is 24.3 Å². The van der Waals surface area contributed by atoms with Crippen molar-refractivity contribution in [1.29, 1.82) is 0 Å². The van der Waals surface area contributed by atoms with Crippen molar-refractivity contribution < 1.29 is 23.9 Å². The summed E-state index contributed by atoms with van der Waals surface area (Å²) >= 11 is 7.46. The van der Waals surface area contributed by atoms with Gasteiger partial charge in [-0.1, -0.05) is 29.8 Å². The summed E-state index contributed by atoms with van der Waals surface area (Å²) in [6.07, 6.45) is 0. The Morgan fingerprint density at radius 3 is 2.52 bits per heavy atom. The average molecular weight is 406 g/mol. The van der Waals surface area contributed by atoms with Crippen LogP contribution in [0, 0.1) is 13.8 Å². The summed E-state index contributed by atoms with van der Waals surface area (Å²) in [7, 11) is 1.27. The number of methoxy groups -OCH3 is 1. The number of carbonyl (C=O) groups excluding carboxylic acids is 3. The Hall–Kier alpha value is -2.64. The summed E-state index contributed by atoms with van der Waals surface area (Å²) in [5.41, 5.74) is 1.49. The van der Waals surface area contributed by atoms with Crippen LogP contribution in [0.5, 0.6) is 0 Å². The summed E-state index contributed by atoms with van der Waals surface area (Å²) < 4.78 is 10.7. The third kappa shape index (κ3) is 3.48. The molecule has 1 N–H and O–H groups in total. The predicted octanol–water partition coefficient (Wildman–Crippen LogP) is 4.33. The van der Waals surface area contributed by atoms with Crippen molar-refractivity contribution in [2.24, 2.45) is 0 Å². The van der Waals surface area contributed by atoms with Gasteiger partial charge in [0, 0.05) is 15.8 Å². The number of ketones is 1. The van der Waals surface area contributed by atoms with Gasteiger partial charge in [-0.2, -0.15) is 0 Å². The van der Waals surface area contributed by atoms with E-state index in [1.807, 2.05) is 24.3 Å². The Bertz CT molecular complexity index is 1070. The number of esters is 2. The van der Waals surface area contributed by atoms with Gasteiger partial charge in [-0.25, -0.2) is 9.59 Å². The molecule has 0 fully saturated rings. The molecule has 0 atom stereocenters. The van der Waals surface area contributed by atoms with E-state index in [-0.39, 0.29) is 10.6 Å². The van der Waals surface area contributed by atoms with Crippen molar-refractivity contribution in [3.8, 4) is 0 Å². The number of fused-ring (bicyclic) bond motifs is 1. The van der Waals surface area contributed by atoms with Gasteiger partial charge in [0.1, 0.15) is 4.88 Å². The molecule has 0 saturated heterocycles. The molecule has 0 unspecified atom stereocenters. The third-order valence-electron chi connectivity index (χ3n) is 4.16. The van der Waals surface area contributed by atoms with Crippen LogP contribution in [-0.4, -0.2) is 36.4 Å². The van der Waals surface area contributed by atoms with Crippen LogP contribution in [0.15, 0.2) is 24.3 Å². The van der Waals surface area contributed by atoms with Gasteiger partial charge in [0.15, 0.2) is 6.61 Å². The fraction of sp³-hybridized carbons (Fsp3) is 0.211. The zero-order chi connectivity index (χ0) is 19.7. The number of H-pyrrole nitrogens is 1. The van der Waals surface area contributed by atoms with Gasteiger partial charge in [-0.15, -0.1) is 11.3 Å². The maximum atomic E-state index is 12.4. The van der Waals surface area contributed by atoms with Crippen LogP contribution in [-0.2, 0) is 9.47 Å². The molecule has 3 rings (SSSR count). The number of aromatic amines is 1. The second-order valence-electron chi connectivity index (χ2n) is 5.86. The Morgan fingerprint density at radius 1 is 1.15 bits per heavy atom. The number of rotatable bonds is 5. The van der Waals surface area contributed by atoms with Crippen molar-refractivity contribution in [1.82, 2.24) is 4.98 Å². The van der Waals surface area contributed by atoms with Crippen molar-refractivity contribution in [3.05, 3.63) is 56.7 Å². The largest absolute Gasteiger partial charge is 0.465 e. The topological polar surface area (TPSA) is 85.5 Å². The van der Waals surface area contributed by atoms with Crippen molar-refractivity contribution >= 4 is 50.7 Å². The Kier molecular flexibility index (Phi) is 5.34. The van der Waals surface area contributed by atoms with Crippen molar-refractivity contribution in [2.75, 3.05) is 13.7 Å². The average Bonchev–Trinajstić information content (AvgIpc) is 3.16. The van der Waals surface area contributed by atoms with Crippen LogP contribution in [0.3, 0.4) is 0 Å². The molecule has 2 heterocycles. The van der Waals surface area contributed by atoms with E-state index in [0.29, 0.717) is 21.8 Å². The van der Waals surface area contributed by atoms with Crippen LogP contribution >= 0.6 is 22.9 Å². The van der Waals surface area contributed by atoms with Gasteiger partial charge in [0.25, 0.3) is 0 Å². The number of benzene rings is 1. The minimum absolute atomic E-state index is 0.211. The van der Waals surface area contributed by atoms with Gasteiger partial charge in [-0.05, 0) is 25.5 Å². The molecule has 2 aromatic heterocycles. The molecular weight excluding hydrogens is 390 g/mol. The lowest BCUT2D eigenvalue weighted by atomic mass is 10.1. The van der Waals surface area contributed by atoms with E-state index in [4.69, 9.17) is 21.1 Å². The molecule has 0 aliphatic rings. The maximum Gasteiger partial charge on any atom is 0.350 e. The number of aromatic nitrogens is 1. The smallest absolute Gasteiger partial charge is 0.350 e. The Labute approximate surface area is 164 Å². The quantitative estimate of drug-likeness (QED) is 0.504. The lowest BCUT2D eigenvalue weighted by molar-refractivity contribution is 0.0478. The van der Waals surface area contributed by atoms with Gasteiger partial charge in [-0.3, -0.25) is 4.79 Å². The molecule has 3 aromatic rings. The van der Waals surface area contributed by atoms with Crippen molar-refractivity contribution in [2.45, 2.75) is 13.8 Å². The normalized spacial score (nSPS) is 10.8. The molecule has 140 valence electrons. The number of carbonyl (C=O) groups is 3. The number of thiophene rings is 1. The van der Waals surface area contributed by atoms with Gasteiger partial charge < -0.3 is 14.5 Å². The highest BCUT2D eigenvalue weighted by molar-refractivity contribution is 7.21. The first-order valence-electron chi connectivity index (χ1n) is 8.00. The van der Waals surface area contributed by atoms with Crippen LogP contribution in [0.1, 0.15) is 41.8 Å². The highest BCUT2D eigenvalue weighted by atomic mass is 35.5. The first kappa shape index (κ1) is 19.1. The predicted molar refractivity (Wildman–Crippen MR) is 103 cm³/mol. The van der Waals surface area contributed by atoms with Gasteiger partial charge in [0.05, 0.1) is 23.4 Å². The minimum atomic E-state index is -0.663. The molecule has 6 nitrogen and oxygen atoms in total. The zero-order valence-corrected chi connectivity index (χ0v) is 16.4. The van der Waals surface area contributed by atoms with Crippen LogP contribution in [0.4, 0.5) is 0 Å². The summed E-state index contributed by atoms with van der Waals surface area (Å²) in [4.78, 5) is 39.7. The summed E-state index contributed by atoms with van der Waals surface area (Å²) in [5, 5.41) is 1.08. The minimum Gasteiger partial charge on any atom is -0.465 e. The molecule has 27 heavy (non-hydrogen) atoms. The van der Waals surface area contributed by atoms with Crippen LogP contribution < -0.4 is 0 Å². The van der Waals surface area contributed by atoms with E-state index in [1.165, 1.54) is 18.4 Å². The first-order chi connectivity index (χ1) is 12.8. The molecule has 0 amide bonds. The van der Waals surface area contributed by atoms with E-state index in [9.17, 15) is 14.4 Å². The second-order valence-corrected chi connectivity index (χ2v) is 7.29. The fourth-order valence-electron chi connectivity index (χ4n) is 2.85. The number of halogens is 1. The Balaban J connectivity index is 1.76. The highest BCUT2D eigenvalue weighted by Gasteiger charge is 2.24.